The van der Waals surface area contributed by atoms with Crippen LogP contribution >= 0.6 is 0 Å². The fourth-order valence-electron chi connectivity index (χ4n) is 3.86. The predicted molar refractivity (Wildman–Crippen MR) is 103 cm³/mol. The Balaban J connectivity index is 0.000000570. The van der Waals surface area contributed by atoms with E-state index in [1.165, 1.54) is 13.2 Å². The molecule has 1 spiro atoms. The highest BCUT2D eigenvalue weighted by Crippen LogP contribution is 2.56. The molecule has 1 saturated heterocycles. The van der Waals surface area contributed by atoms with Gasteiger partial charge in [0.2, 0.25) is 0 Å². The van der Waals surface area contributed by atoms with Gasteiger partial charge in [-0.1, -0.05) is 27.7 Å². The maximum Gasteiger partial charge on any atom is 0.256 e. The first-order chi connectivity index (χ1) is 12.5. The van der Waals surface area contributed by atoms with Crippen LogP contribution in [0.1, 0.15) is 57.3 Å². The van der Waals surface area contributed by atoms with E-state index in [0.717, 1.165) is 19.3 Å². The van der Waals surface area contributed by atoms with E-state index in [9.17, 15) is 15.0 Å². The average molecular weight is 364 g/mol. The van der Waals surface area contributed by atoms with Crippen LogP contribution in [0, 0.1) is 5.41 Å². The quantitative estimate of drug-likeness (QED) is 0.800. The molecule has 0 bridgehead atoms. The minimum absolute atomic E-state index is 0.0335. The summed E-state index contributed by atoms with van der Waals surface area (Å²) in [4.78, 5) is 16.4. The number of carbonyl (C=O) groups is 1. The van der Waals surface area contributed by atoms with Crippen molar-refractivity contribution in [3.63, 3.8) is 0 Å². The van der Waals surface area contributed by atoms with E-state index in [-0.39, 0.29) is 28.9 Å². The Morgan fingerprint density at radius 1 is 1.19 bits per heavy atom. The largest absolute Gasteiger partial charge is 0.504 e. The summed E-state index contributed by atoms with van der Waals surface area (Å²) < 4.78 is 5.13. The van der Waals surface area contributed by atoms with Crippen LogP contribution < -0.4 is 9.64 Å². The number of phenols is 1. The molecule has 3 aliphatic rings. The smallest absolute Gasteiger partial charge is 0.256 e. The lowest BCUT2D eigenvalue weighted by atomic mass is 10.0. The fraction of sp³-hybridized carbons (Fsp3) is 0.650. The van der Waals surface area contributed by atoms with E-state index in [1.54, 1.807) is 22.9 Å². The van der Waals surface area contributed by atoms with Crippen LogP contribution in [0.5, 0.6) is 11.5 Å². The molecule has 26 heavy (non-hydrogen) atoms. The van der Waals surface area contributed by atoms with E-state index in [4.69, 9.17) is 4.74 Å². The monoisotopic (exact) mass is 364 g/mol. The van der Waals surface area contributed by atoms with Crippen LogP contribution in [0.25, 0.3) is 0 Å². The number of aliphatic hydroxyl groups is 1. The zero-order valence-electron chi connectivity index (χ0n) is 16.7. The molecule has 0 radical (unpaired) electrons. The Morgan fingerprint density at radius 2 is 1.81 bits per heavy atom. The first-order valence-electron chi connectivity index (χ1n) is 9.59. The number of ether oxygens (including phenoxy) is 1. The summed E-state index contributed by atoms with van der Waals surface area (Å²) in [6.07, 6.45) is 2.35. The number of anilines is 1. The molecule has 1 saturated carbocycles. The van der Waals surface area contributed by atoms with Gasteiger partial charge in [-0.3, -0.25) is 4.79 Å². The molecule has 1 amide bonds. The van der Waals surface area contributed by atoms with Crippen LogP contribution in [0.2, 0.25) is 0 Å². The van der Waals surface area contributed by atoms with E-state index in [0.29, 0.717) is 17.8 Å². The third-order valence-corrected chi connectivity index (χ3v) is 5.41. The molecule has 1 aliphatic carbocycles. The third kappa shape index (κ3) is 3.22. The molecular formula is C20H32N2O4. The summed E-state index contributed by atoms with van der Waals surface area (Å²) in [5.74, 6) is 0.146. The van der Waals surface area contributed by atoms with Crippen molar-refractivity contribution in [2.24, 2.45) is 5.41 Å². The van der Waals surface area contributed by atoms with Gasteiger partial charge in [-0.2, -0.15) is 0 Å². The van der Waals surface area contributed by atoms with Gasteiger partial charge in [0.15, 0.2) is 11.5 Å². The van der Waals surface area contributed by atoms with Gasteiger partial charge in [-0.05, 0) is 30.7 Å². The highest BCUT2D eigenvalue weighted by Gasteiger charge is 2.56. The number of amides is 1. The van der Waals surface area contributed by atoms with Crippen molar-refractivity contribution >= 4 is 11.6 Å². The lowest BCUT2D eigenvalue weighted by molar-refractivity contribution is 0.0526. The normalized spacial score (nSPS) is 24.5. The van der Waals surface area contributed by atoms with Crippen LogP contribution in [0.15, 0.2) is 12.1 Å². The highest BCUT2D eigenvalue weighted by atomic mass is 16.5. The van der Waals surface area contributed by atoms with E-state index < -0.39 is 6.23 Å². The number of carbonyl (C=O) groups excluding carboxylic acids is 1. The van der Waals surface area contributed by atoms with Crippen molar-refractivity contribution in [3.05, 3.63) is 17.7 Å². The SMILES string of the molecule is CC.CC.COc1cc2c(cc1O)N(C)C(O)C1CC3(CC3)CN1C2=O. The molecule has 146 valence electrons. The standard InChI is InChI=1S/C16H20N2O4.2C2H6/c1-17-10-6-12(19)13(22-2)5-9(10)14(20)18-8-16(3-4-16)7-11(18)15(17)21;2*1-2/h5-6,11,15,19,21H,3-4,7-8H2,1-2H3;2*1-2H3. The van der Waals surface area contributed by atoms with Crippen LogP contribution in [-0.4, -0.2) is 54.0 Å². The number of likely N-dealkylation sites (N-methyl/N-ethyl adjacent to an activating group) is 1. The highest BCUT2D eigenvalue weighted by molar-refractivity contribution is 6.02. The molecular weight excluding hydrogens is 332 g/mol. The Kier molecular flexibility index (Phi) is 6.06. The zero-order valence-corrected chi connectivity index (χ0v) is 16.7. The van der Waals surface area contributed by atoms with Crippen molar-refractivity contribution in [2.45, 2.75) is 59.2 Å². The van der Waals surface area contributed by atoms with Gasteiger partial charge in [0.1, 0.15) is 6.23 Å². The third-order valence-electron chi connectivity index (χ3n) is 5.41. The minimum atomic E-state index is -0.766. The number of nitrogens with zero attached hydrogens (tertiary/aromatic N) is 2. The fourth-order valence-corrected chi connectivity index (χ4v) is 3.86. The minimum Gasteiger partial charge on any atom is -0.504 e. The molecule has 6 nitrogen and oxygen atoms in total. The number of rotatable bonds is 1. The maximum atomic E-state index is 13.0. The summed E-state index contributed by atoms with van der Waals surface area (Å²) >= 11 is 0. The molecule has 2 atom stereocenters. The summed E-state index contributed by atoms with van der Waals surface area (Å²) in [6, 6.07) is 2.86. The number of methoxy groups -OCH3 is 1. The van der Waals surface area contributed by atoms with Crippen molar-refractivity contribution in [1.82, 2.24) is 4.90 Å². The number of aromatic hydroxyl groups is 1. The van der Waals surface area contributed by atoms with Crippen molar-refractivity contribution in [3.8, 4) is 11.5 Å². The van der Waals surface area contributed by atoms with Gasteiger partial charge in [0, 0.05) is 19.7 Å². The first kappa shape index (κ1) is 20.4. The summed E-state index contributed by atoms with van der Waals surface area (Å²) in [7, 11) is 3.21. The van der Waals surface area contributed by atoms with E-state index in [1.807, 2.05) is 27.7 Å². The molecule has 1 aromatic rings. The summed E-state index contributed by atoms with van der Waals surface area (Å²) in [5, 5.41) is 20.7. The summed E-state index contributed by atoms with van der Waals surface area (Å²) in [6.45, 7) is 8.71. The Hall–Kier alpha value is -1.95. The van der Waals surface area contributed by atoms with Gasteiger partial charge in [-0.15, -0.1) is 0 Å². The van der Waals surface area contributed by atoms with Crippen molar-refractivity contribution in [2.75, 3.05) is 25.6 Å². The Bertz CT molecular complexity index is 657. The molecule has 2 fully saturated rings. The van der Waals surface area contributed by atoms with E-state index in [2.05, 4.69) is 0 Å². The topological polar surface area (TPSA) is 73.2 Å². The molecule has 2 heterocycles. The first-order valence-corrected chi connectivity index (χ1v) is 9.59. The molecule has 2 N–H and O–H groups in total. The van der Waals surface area contributed by atoms with Crippen molar-refractivity contribution < 1.29 is 19.7 Å². The lowest BCUT2D eigenvalue weighted by Crippen LogP contribution is -2.47. The van der Waals surface area contributed by atoms with Gasteiger partial charge < -0.3 is 24.7 Å². The molecule has 2 unspecified atom stereocenters. The average Bonchev–Trinajstić information content (AvgIpc) is 3.33. The van der Waals surface area contributed by atoms with Gasteiger partial charge in [0.05, 0.1) is 24.4 Å². The van der Waals surface area contributed by atoms with Gasteiger partial charge in [-0.25, -0.2) is 0 Å². The number of benzene rings is 1. The number of fused-ring (bicyclic) bond motifs is 2. The second-order valence-corrected chi connectivity index (χ2v) is 6.77. The number of aliphatic hydroxyl groups excluding tert-OH is 1. The van der Waals surface area contributed by atoms with E-state index >= 15 is 0 Å². The molecule has 6 heteroatoms. The van der Waals surface area contributed by atoms with Gasteiger partial charge >= 0.3 is 0 Å². The second-order valence-electron chi connectivity index (χ2n) is 6.77. The molecule has 4 rings (SSSR count). The van der Waals surface area contributed by atoms with Crippen LogP contribution in [0.4, 0.5) is 5.69 Å². The Morgan fingerprint density at radius 3 is 2.35 bits per heavy atom. The number of phenolic OH excluding ortho intramolecular Hbond substituents is 1. The lowest BCUT2D eigenvalue weighted by Gasteiger charge is -2.30. The maximum absolute atomic E-state index is 13.0. The Labute approximate surface area is 156 Å². The van der Waals surface area contributed by atoms with Crippen molar-refractivity contribution in [1.29, 1.82) is 0 Å². The van der Waals surface area contributed by atoms with Crippen LogP contribution in [-0.2, 0) is 0 Å². The van der Waals surface area contributed by atoms with Crippen LogP contribution in [0.3, 0.4) is 0 Å². The number of hydrogen-bond donors (Lipinski definition) is 2. The second kappa shape index (κ2) is 7.74. The molecule has 0 aromatic heterocycles. The molecule has 2 aliphatic heterocycles. The molecule has 1 aromatic carbocycles. The number of hydrogen-bond acceptors (Lipinski definition) is 5. The predicted octanol–water partition coefficient (Wildman–Crippen LogP) is 3.22. The van der Waals surface area contributed by atoms with Gasteiger partial charge in [0.25, 0.3) is 5.91 Å². The summed E-state index contributed by atoms with van der Waals surface area (Å²) in [5.41, 5.74) is 1.23. The zero-order chi connectivity index (χ0) is 19.6.